The number of nitrogens with zero attached hydrogens (tertiary/aromatic N) is 5. The maximum absolute atomic E-state index is 14.1. The average molecular weight is 669 g/mol. The molecule has 238 valence electrons. The molecular formula is C29H35F3N6O3S3. The Bertz CT molecular complexity index is 1650. The Balaban J connectivity index is 1.46. The molecule has 0 amide bonds. The summed E-state index contributed by atoms with van der Waals surface area (Å²) in [6, 6.07) is 7.53. The van der Waals surface area contributed by atoms with Gasteiger partial charge in [0, 0.05) is 70.5 Å². The zero-order valence-corrected chi connectivity index (χ0v) is 27.4. The van der Waals surface area contributed by atoms with Crippen molar-refractivity contribution in [3.05, 3.63) is 46.5 Å². The first-order valence-electron chi connectivity index (χ1n) is 14.3. The standard InChI is InChI=1S/C29H35F3N6O3S3/c1-5-19-14-20(38-9-8-37(10-12-41-4)17-18(38)2)6-7-22(19)34-28-33-16-21(29(30,31)32)25(35-28)23-15-24-26(43-23)27(42)36(3)11-13-44(24,39)40/h6-7,14-16,18H,5,8-13,17H2,1-4H3,(H,33,34,35). The zero-order valence-electron chi connectivity index (χ0n) is 24.9. The second-order valence-electron chi connectivity index (χ2n) is 11.0. The molecular weight excluding hydrogens is 634 g/mol. The molecule has 9 nitrogen and oxygen atoms in total. The molecule has 3 aromatic rings. The quantitative estimate of drug-likeness (QED) is 0.328. The van der Waals surface area contributed by atoms with Crippen LogP contribution in [0.4, 0.5) is 30.5 Å². The Morgan fingerprint density at radius 2 is 1.98 bits per heavy atom. The van der Waals surface area contributed by atoms with Crippen molar-refractivity contribution >= 4 is 55.7 Å². The van der Waals surface area contributed by atoms with Crippen LogP contribution in [0.3, 0.4) is 0 Å². The number of rotatable bonds is 8. The first-order valence-corrected chi connectivity index (χ1v) is 17.1. The molecule has 2 aliphatic rings. The summed E-state index contributed by atoms with van der Waals surface area (Å²) in [4.78, 5) is 15.2. The van der Waals surface area contributed by atoms with Crippen molar-refractivity contribution < 1.29 is 26.3 Å². The summed E-state index contributed by atoms with van der Waals surface area (Å²) in [6.45, 7) is 8.69. The zero-order chi connectivity index (χ0) is 31.8. The van der Waals surface area contributed by atoms with Crippen LogP contribution in [0.25, 0.3) is 10.6 Å². The van der Waals surface area contributed by atoms with Gasteiger partial charge in [0.2, 0.25) is 5.95 Å². The molecule has 1 fully saturated rings. The van der Waals surface area contributed by atoms with Crippen LogP contribution in [-0.2, 0) is 27.2 Å². The van der Waals surface area contributed by atoms with E-state index < -0.39 is 27.3 Å². The fourth-order valence-corrected chi connectivity index (χ4v) is 8.92. The average Bonchev–Trinajstić information content (AvgIpc) is 3.42. The van der Waals surface area contributed by atoms with E-state index in [1.165, 1.54) is 6.07 Å². The van der Waals surface area contributed by atoms with Crippen molar-refractivity contribution in [3.8, 4) is 10.6 Å². The minimum Gasteiger partial charge on any atom is -0.383 e. The van der Waals surface area contributed by atoms with Gasteiger partial charge in [0.05, 0.1) is 32.7 Å². The first kappa shape index (κ1) is 32.5. The van der Waals surface area contributed by atoms with E-state index in [1.54, 1.807) is 19.1 Å². The molecule has 1 atom stereocenters. The van der Waals surface area contributed by atoms with Crippen LogP contribution >= 0.6 is 23.6 Å². The molecule has 4 heterocycles. The lowest BCUT2D eigenvalue weighted by Crippen LogP contribution is -2.52. The number of thiocarbonyl (C=S) groups is 1. The lowest BCUT2D eigenvalue weighted by Gasteiger charge is -2.41. The predicted molar refractivity (Wildman–Crippen MR) is 171 cm³/mol. The normalized spacial score (nSPS) is 19.2. The number of alkyl halides is 3. The Hall–Kier alpha value is -2.85. The van der Waals surface area contributed by atoms with E-state index in [0.717, 1.165) is 55.0 Å². The molecule has 0 saturated carbocycles. The summed E-state index contributed by atoms with van der Waals surface area (Å²) in [6.07, 6.45) is -3.35. The van der Waals surface area contributed by atoms with Crippen molar-refractivity contribution in [2.45, 2.75) is 37.4 Å². The largest absolute Gasteiger partial charge is 0.420 e. The molecule has 1 saturated heterocycles. The highest BCUT2D eigenvalue weighted by molar-refractivity contribution is 7.92. The summed E-state index contributed by atoms with van der Waals surface area (Å²) in [5, 5.41) is 3.11. The number of anilines is 3. The summed E-state index contributed by atoms with van der Waals surface area (Å²) < 4.78 is 73.5. The number of piperazine rings is 1. The van der Waals surface area contributed by atoms with Crippen molar-refractivity contribution in [2.24, 2.45) is 0 Å². The lowest BCUT2D eigenvalue weighted by molar-refractivity contribution is -0.137. The van der Waals surface area contributed by atoms with Crippen LogP contribution in [0, 0.1) is 0 Å². The molecule has 5 rings (SSSR count). The van der Waals surface area contributed by atoms with E-state index in [1.807, 2.05) is 19.1 Å². The summed E-state index contributed by atoms with van der Waals surface area (Å²) in [5.74, 6) is -0.213. The number of halogens is 3. The molecule has 0 bridgehead atoms. The first-order chi connectivity index (χ1) is 20.8. The molecule has 15 heteroatoms. The van der Waals surface area contributed by atoms with Crippen LogP contribution in [0.5, 0.6) is 0 Å². The Morgan fingerprint density at radius 1 is 1.20 bits per heavy atom. The number of thiophene rings is 1. The number of fused-ring (bicyclic) bond motifs is 1. The molecule has 0 aliphatic carbocycles. The van der Waals surface area contributed by atoms with E-state index >= 15 is 0 Å². The minimum atomic E-state index is -4.76. The SMILES string of the molecule is CCc1cc(N2CCN(CCOC)CC2C)ccc1Nc1ncc(C(F)(F)F)c(-c2cc3c(s2)C(=S)N(C)CCS3(=O)=O)n1. The van der Waals surface area contributed by atoms with Crippen LogP contribution < -0.4 is 10.2 Å². The predicted octanol–water partition coefficient (Wildman–Crippen LogP) is 5.08. The minimum absolute atomic E-state index is 0.0262. The van der Waals surface area contributed by atoms with Crippen LogP contribution in [-0.4, -0.2) is 98.5 Å². The molecule has 1 unspecified atom stereocenters. The second kappa shape index (κ2) is 12.9. The molecule has 2 aromatic heterocycles. The number of methoxy groups -OCH3 is 1. The number of aromatic nitrogens is 2. The third-order valence-electron chi connectivity index (χ3n) is 7.97. The van der Waals surface area contributed by atoms with Crippen LogP contribution in [0.2, 0.25) is 0 Å². The molecule has 1 N–H and O–H groups in total. The fourth-order valence-electron chi connectivity index (χ4n) is 5.48. The van der Waals surface area contributed by atoms with Gasteiger partial charge in [0.25, 0.3) is 0 Å². The second-order valence-corrected chi connectivity index (χ2v) is 14.5. The highest BCUT2D eigenvalue weighted by Crippen LogP contribution is 2.42. The van der Waals surface area contributed by atoms with Gasteiger partial charge < -0.3 is 19.9 Å². The Kier molecular flexibility index (Phi) is 9.52. The van der Waals surface area contributed by atoms with Crippen LogP contribution in [0.15, 0.2) is 35.4 Å². The van der Waals surface area contributed by atoms with Gasteiger partial charge in [-0.2, -0.15) is 13.2 Å². The number of hydrogen-bond acceptors (Lipinski definition) is 10. The highest BCUT2D eigenvalue weighted by atomic mass is 32.2. The number of benzene rings is 1. The van der Waals surface area contributed by atoms with Gasteiger partial charge in [-0.3, -0.25) is 4.90 Å². The van der Waals surface area contributed by atoms with Crippen LogP contribution in [0.1, 0.15) is 29.9 Å². The van der Waals surface area contributed by atoms with E-state index in [0.29, 0.717) is 24.8 Å². The van der Waals surface area contributed by atoms with Gasteiger partial charge >= 0.3 is 6.18 Å². The number of nitrogens with one attached hydrogen (secondary N) is 1. The number of aryl methyl sites for hydroxylation is 1. The van der Waals surface area contributed by atoms with Crippen molar-refractivity contribution in [3.63, 3.8) is 0 Å². The number of ether oxygens (including phenoxy) is 1. The number of hydrogen-bond donors (Lipinski definition) is 1. The molecule has 44 heavy (non-hydrogen) atoms. The van der Waals surface area contributed by atoms with Gasteiger partial charge in [-0.05, 0) is 43.2 Å². The molecule has 1 aromatic carbocycles. The van der Waals surface area contributed by atoms with E-state index in [9.17, 15) is 21.6 Å². The van der Waals surface area contributed by atoms with Gasteiger partial charge in [-0.1, -0.05) is 19.1 Å². The van der Waals surface area contributed by atoms with Crippen molar-refractivity contribution in [1.82, 2.24) is 19.8 Å². The smallest absolute Gasteiger partial charge is 0.383 e. The maximum Gasteiger partial charge on any atom is 0.420 e. The van der Waals surface area contributed by atoms with Crippen molar-refractivity contribution in [2.75, 3.05) is 69.5 Å². The van der Waals surface area contributed by atoms with Gasteiger partial charge in [-0.25, -0.2) is 18.4 Å². The van der Waals surface area contributed by atoms with E-state index in [-0.39, 0.29) is 37.9 Å². The van der Waals surface area contributed by atoms with Gasteiger partial charge in [0.1, 0.15) is 10.6 Å². The topological polar surface area (TPSA) is 90.9 Å². The van der Waals surface area contributed by atoms with E-state index in [4.69, 9.17) is 17.0 Å². The fraction of sp³-hybridized carbons (Fsp3) is 0.483. The third-order valence-corrected chi connectivity index (χ3v) is 11.6. The highest BCUT2D eigenvalue weighted by Gasteiger charge is 2.38. The summed E-state index contributed by atoms with van der Waals surface area (Å²) >= 11 is 6.36. The van der Waals surface area contributed by atoms with E-state index in [2.05, 4.69) is 38.1 Å². The van der Waals surface area contributed by atoms with Crippen molar-refractivity contribution in [1.29, 1.82) is 0 Å². The maximum atomic E-state index is 14.1. The molecule has 0 radical (unpaired) electrons. The monoisotopic (exact) mass is 668 g/mol. The molecule has 2 aliphatic heterocycles. The van der Waals surface area contributed by atoms with Gasteiger partial charge in [-0.15, -0.1) is 11.3 Å². The lowest BCUT2D eigenvalue weighted by atomic mass is 10.1. The van der Waals surface area contributed by atoms with Gasteiger partial charge in [0.15, 0.2) is 9.84 Å². The number of sulfone groups is 1. The Labute approximate surface area is 265 Å². The summed E-state index contributed by atoms with van der Waals surface area (Å²) in [5.41, 5.74) is 1.26. The summed E-state index contributed by atoms with van der Waals surface area (Å²) in [7, 11) is -0.373. The Morgan fingerprint density at radius 3 is 2.66 bits per heavy atom. The third kappa shape index (κ3) is 6.71. The molecule has 0 spiro atoms.